The first-order valence-electron chi connectivity index (χ1n) is 7.23. The lowest BCUT2D eigenvalue weighted by molar-refractivity contribution is 0.365. The highest BCUT2D eigenvalue weighted by Crippen LogP contribution is 2.32. The van der Waals surface area contributed by atoms with Gasteiger partial charge in [-0.1, -0.05) is 13.0 Å². The maximum atomic E-state index is 9.75. The van der Waals surface area contributed by atoms with E-state index in [1.54, 1.807) is 12.1 Å². The van der Waals surface area contributed by atoms with Crippen molar-refractivity contribution >= 4 is 16.6 Å². The molecule has 4 heteroatoms. The standard InChI is InChI=1S/C16H21N3O/c1-11-5-7-19(13(8-11)10-17)16-15-9-14(20)3-2-12(15)4-6-18-16/h2-4,6,9,11,13,20H,5,7-8,10,17H2,1H3. The van der Waals surface area contributed by atoms with E-state index in [0.29, 0.717) is 18.5 Å². The Labute approximate surface area is 119 Å². The molecule has 1 aliphatic rings. The molecule has 1 aliphatic heterocycles. The Bertz CT molecular complexity index is 614. The van der Waals surface area contributed by atoms with Gasteiger partial charge in [0.15, 0.2) is 0 Å². The van der Waals surface area contributed by atoms with Gasteiger partial charge in [0.1, 0.15) is 11.6 Å². The Morgan fingerprint density at radius 2 is 2.25 bits per heavy atom. The van der Waals surface area contributed by atoms with Gasteiger partial charge in [0.25, 0.3) is 0 Å². The molecule has 2 atom stereocenters. The molecule has 1 aromatic heterocycles. The minimum Gasteiger partial charge on any atom is -0.508 e. The van der Waals surface area contributed by atoms with Gasteiger partial charge in [-0.2, -0.15) is 0 Å². The smallest absolute Gasteiger partial charge is 0.136 e. The van der Waals surface area contributed by atoms with Crippen LogP contribution in [0.2, 0.25) is 0 Å². The van der Waals surface area contributed by atoms with Crippen molar-refractivity contribution in [2.24, 2.45) is 11.7 Å². The molecule has 1 aromatic carbocycles. The summed E-state index contributed by atoms with van der Waals surface area (Å²) in [7, 11) is 0. The van der Waals surface area contributed by atoms with Gasteiger partial charge < -0.3 is 15.7 Å². The Morgan fingerprint density at radius 1 is 1.40 bits per heavy atom. The van der Waals surface area contributed by atoms with E-state index in [1.165, 1.54) is 0 Å². The number of aromatic hydroxyl groups is 1. The first kappa shape index (κ1) is 13.2. The lowest BCUT2D eigenvalue weighted by Crippen LogP contribution is -2.46. The topological polar surface area (TPSA) is 62.4 Å². The third kappa shape index (κ3) is 2.31. The van der Waals surface area contributed by atoms with E-state index in [0.717, 1.165) is 36.0 Å². The van der Waals surface area contributed by atoms with Crippen LogP contribution in [-0.4, -0.2) is 29.2 Å². The van der Waals surface area contributed by atoms with Gasteiger partial charge in [-0.3, -0.25) is 0 Å². The minimum absolute atomic E-state index is 0.279. The number of pyridine rings is 1. The third-order valence-corrected chi connectivity index (χ3v) is 4.25. The number of anilines is 1. The van der Waals surface area contributed by atoms with E-state index in [1.807, 2.05) is 18.3 Å². The quantitative estimate of drug-likeness (QED) is 0.881. The van der Waals surface area contributed by atoms with E-state index in [2.05, 4.69) is 16.8 Å². The van der Waals surface area contributed by atoms with Crippen LogP contribution in [0.15, 0.2) is 30.5 Å². The second-order valence-electron chi connectivity index (χ2n) is 5.75. The van der Waals surface area contributed by atoms with Crippen LogP contribution in [0.5, 0.6) is 5.75 Å². The second-order valence-corrected chi connectivity index (χ2v) is 5.75. The summed E-state index contributed by atoms with van der Waals surface area (Å²) in [5, 5.41) is 11.8. The predicted molar refractivity (Wildman–Crippen MR) is 82.0 cm³/mol. The molecular weight excluding hydrogens is 250 g/mol. The summed E-state index contributed by atoms with van der Waals surface area (Å²) in [6.07, 6.45) is 4.10. The number of rotatable bonds is 2. The molecule has 20 heavy (non-hydrogen) atoms. The molecule has 4 nitrogen and oxygen atoms in total. The molecule has 0 radical (unpaired) electrons. The summed E-state index contributed by atoms with van der Waals surface area (Å²) in [5.41, 5.74) is 5.95. The van der Waals surface area contributed by atoms with Crippen LogP contribution in [0.3, 0.4) is 0 Å². The van der Waals surface area contributed by atoms with Gasteiger partial charge in [-0.25, -0.2) is 4.98 Å². The fraction of sp³-hybridized carbons (Fsp3) is 0.438. The van der Waals surface area contributed by atoms with E-state index in [4.69, 9.17) is 5.73 Å². The Balaban J connectivity index is 2.06. The highest BCUT2D eigenvalue weighted by Gasteiger charge is 2.27. The van der Waals surface area contributed by atoms with Gasteiger partial charge in [-0.15, -0.1) is 0 Å². The van der Waals surface area contributed by atoms with Crippen molar-refractivity contribution in [1.29, 1.82) is 0 Å². The molecule has 3 rings (SSSR count). The van der Waals surface area contributed by atoms with Gasteiger partial charge in [0.2, 0.25) is 0 Å². The van der Waals surface area contributed by atoms with Crippen molar-refractivity contribution < 1.29 is 5.11 Å². The summed E-state index contributed by atoms with van der Waals surface area (Å²) >= 11 is 0. The molecule has 1 saturated heterocycles. The monoisotopic (exact) mass is 271 g/mol. The molecule has 106 valence electrons. The fourth-order valence-electron chi connectivity index (χ4n) is 3.12. The zero-order valence-electron chi connectivity index (χ0n) is 11.8. The molecule has 2 unspecified atom stereocenters. The lowest BCUT2D eigenvalue weighted by atomic mass is 9.92. The summed E-state index contributed by atoms with van der Waals surface area (Å²) in [6, 6.07) is 7.75. The van der Waals surface area contributed by atoms with Crippen molar-refractivity contribution in [3.05, 3.63) is 30.5 Å². The summed E-state index contributed by atoms with van der Waals surface area (Å²) in [4.78, 5) is 6.86. The maximum absolute atomic E-state index is 9.75. The number of piperidine rings is 1. The molecular formula is C16H21N3O. The van der Waals surface area contributed by atoms with E-state index in [9.17, 15) is 5.11 Å². The molecule has 3 N–H and O–H groups in total. The van der Waals surface area contributed by atoms with Crippen molar-refractivity contribution in [2.45, 2.75) is 25.8 Å². The zero-order valence-corrected chi connectivity index (χ0v) is 11.8. The Morgan fingerprint density at radius 3 is 3.05 bits per heavy atom. The molecule has 1 fully saturated rings. The molecule has 0 spiro atoms. The van der Waals surface area contributed by atoms with Crippen molar-refractivity contribution in [1.82, 2.24) is 4.98 Å². The normalized spacial score (nSPS) is 23.2. The van der Waals surface area contributed by atoms with Crippen LogP contribution in [0.25, 0.3) is 10.8 Å². The van der Waals surface area contributed by atoms with Crippen molar-refractivity contribution in [3.8, 4) is 5.75 Å². The van der Waals surface area contributed by atoms with Crippen LogP contribution < -0.4 is 10.6 Å². The molecule has 0 amide bonds. The first-order valence-corrected chi connectivity index (χ1v) is 7.23. The Kier molecular flexibility index (Phi) is 3.49. The number of benzene rings is 1. The average molecular weight is 271 g/mol. The fourth-order valence-corrected chi connectivity index (χ4v) is 3.12. The number of fused-ring (bicyclic) bond motifs is 1. The predicted octanol–water partition coefficient (Wildman–Crippen LogP) is 2.50. The number of hydrogen-bond donors (Lipinski definition) is 2. The summed E-state index contributed by atoms with van der Waals surface area (Å²) < 4.78 is 0. The first-order chi connectivity index (χ1) is 9.69. The summed E-state index contributed by atoms with van der Waals surface area (Å²) in [5.74, 6) is 1.94. The second kappa shape index (κ2) is 5.29. The lowest BCUT2D eigenvalue weighted by Gasteiger charge is -2.39. The summed E-state index contributed by atoms with van der Waals surface area (Å²) in [6.45, 7) is 3.90. The molecule has 0 bridgehead atoms. The third-order valence-electron chi connectivity index (χ3n) is 4.25. The van der Waals surface area contributed by atoms with E-state index < -0.39 is 0 Å². The van der Waals surface area contributed by atoms with Crippen LogP contribution >= 0.6 is 0 Å². The maximum Gasteiger partial charge on any atom is 0.136 e. The highest BCUT2D eigenvalue weighted by atomic mass is 16.3. The van der Waals surface area contributed by atoms with Crippen molar-refractivity contribution in [3.63, 3.8) is 0 Å². The largest absolute Gasteiger partial charge is 0.508 e. The van der Waals surface area contributed by atoms with Gasteiger partial charge in [0, 0.05) is 30.7 Å². The number of hydrogen-bond acceptors (Lipinski definition) is 4. The number of aromatic nitrogens is 1. The molecule has 0 saturated carbocycles. The molecule has 0 aliphatic carbocycles. The van der Waals surface area contributed by atoms with Crippen LogP contribution in [0.1, 0.15) is 19.8 Å². The van der Waals surface area contributed by atoms with E-state index in [-0.39, 0.29) is 5.75 Å². The minimum atomic E-state index is 0.279. The Hall–Kier alpha value is -1.81. The number of nitrogens with two attached hydrogens (primary N) is 1. The zero-order chi connectivity index (χ0) is 14.1. The van der Waals surface area contributed by atoms with Gasteiger partial charge in [-0.05, 0) is 42.3 Å². The van der Waals surface area contributed by atoms with Gasteiger partial charge >= 0.3 is 0 Å². The van der Waals surface area contributed by atoms with Crippen LogP contribution in [0, 0.1) is 5.92 Å². The highest BCUT2D eigenvalue weighted by molar-refractivity contribution is 5.93. The SMILES string of the molecule is CC1CCN(c2nccc3ccc(O)cc23)C(CN)C1. The average Bonchev–Trinajstić information content (AvgIpc) is 2.46. The van der Waals surface area contributed by atoms with Crippen molar-refractivity contribution in [2.75, 3.05) is 18.0 Å². The molecule has 2 heterocycles. The number of nitrogens with zero attached hydrogens (tertiary/aromatic N) is 2. The van der Waals surface area contributed by atoms with E-state index >= 15 is 0 Å². The van der Waals surface area contributed by atoms with Gasteiger partial charge in [0.05, 0.1) is 0 Å². The molecule has 2 aromatic rings. The van der Waals surface area contributed by atoms with Crippen LogP contribution in [-0.2, 0) is 0 Å². The number of phenolic OH excluding ortho intramolecular Hbond substituents is 1. The number of phenols is 1. The van der Waals surface area contributed by atoms with Crippen LogP contribution in [0.4, 0.5) is 5.82 Å².